The summed E-state index contributed by atoms with van der Waals surface area (Å²) in [5.74, 6) is 0. The lowest BCUT2D eigenvalue weighted by Crippen LogP contribution is -2.28. The molecule has 2 aromatic rings. The Labute approximate surface area is 112 Å². The van der Waals surface area contributed by atoms with Crippen molar-refractivity contribution < 1.29 is 0 Å². The molecule has 4 heteroatoms. The van der Waals surface area contributed by atoms with Crippen LogP contribution in [0.25, 0.3) is 0 Å². The molecular weight excluding hydrogens is 302 g/mol. The highest BCUT2D eigenvalue weighted by Gasteiger charge is 2.17. The highest BCUT2D eigenvalue weighted by Crippen LogP contribution is 2.27. The molecule has 3 rings (SSSR count). The minimum atomic E-state index is 1.09. The Balaban J connectivity index is 1.70. The second-order valence-electron chi connectivity index (χ2n) is 4.06. The van der Waals surface area contributed by atoms with Crippen molar-refractivity contribution in [1.82, 2.24) is 4.90 Å². The van der Waals surface area contributed by atoms with Crippen LogP contribution in [0.15, 0.2) is 27.4 Å². The van der Waals surface area contributed by atoms with Crippen molar-refractivity contribution in [2.24, 2.45) is 0 Å². The Kier molecular flexibility index (Phi) is 3.16. The molecular formula is C12H12BrNS2. The molecule has 0 fully saturated rings. The van der Waals surface area contributed by atoms with E-state index in [1.165, 1.54) is 27.9 Å². The third-order valence-corrected chi connectivity index (χ3v) is 5.59. The van der Waals surface area contributed by atoms with E-state index in [1.807, 2.05) is 22.7 Å². The van der Waals surface area contributed by atoms with Crippen LogP contribution >= 0.6 is 38.6 Å². The minimum Gasteiger partial charge on any atom is -0.294 e. The Morgan fingerprint density at radius 2 is 2.31 bits per heavy atom. The van der Waals surface area contributed by atoms with E-state index in [0.29, 0.717) is 0 Å². The summed E-state index contributed by atoms with van der Waals surface area (Å²) >= 11 is 7.26. The smallest absolute Gasteiger partial charge is 0.0332 e. The van der Waals surface area contributed by atoms with Gasteiger partial charge in [0, 0.05) is 39.2 Å². The molecule has 0 saturated carbocycles. The largest absolute Gasteiger partial charge is 0.294 e. The summed E-state index contributed by atoms with van der Waals surface area (Å²) in [6.45, 7) is 3.41. The van der Waals surface area contributed by atoms with Gasteiger partial charge in [-0.2, -0.15) is 0 Å². The van der Waals surface area contributed by atoms with E-state index in [0.717, 1.165) is 13.1 Å². The number of hydrogen-bond donors (Lipinski definition) is 0. The van der Waals surface area contributed by atoms with Crippen LogP contribution < -0.4 is 0 Å². The van der Waals surface area contributed by atoms with Gasteiger partial charge in [-0.3, -0.25) is 4.90 Å². The zero-order chi connectivity index (χ0) is 11.0. The van der Waals surface area contributed by atoms with E-state index in [4.69, 9.17) is 0 Å². The summed E-state index contributed by atoms with van der Waals surface area (Å²) in [5.41, 5.74) is 1.53. The fourth-order valence-corrected chi connectivity index (χ4v) is 4.48. The van der Waals surface area contributed by atoms with Crippen LogP contribution in [-0.4, -0.2) is 11.4 Å². The van der Waals surface area contributed by atoms with Crippen molar-refractivity contribution in [3.63, 3.8) is 0 Å². The fraction of sp³-hybridized carbons (Fsp3) is 0.333. The molecule has 0 unspecified atom stereocenters. The number of thiophene rings is 2. The molecule has 1 aliphatic heterocycles. The predicted molar refractivity (Wildman–Crippen MR) is 74.2 cm³/mol. The predicted octanol–water partition coefficient (Wildman–Crippen LogP) is 4.13. The molecule has 0 bridgehead atoms. The summed E-state index contributed by atoms with van der Waals surface area (Å²) in [6.07, 6.45) is 1.22. The maximum absolute atomic E-state index is 3.51. The topological polar surface area (TPSA) is 3.24 Å². The van der Waals surface area contributed by atoms with Gasteiger partial charge in [-0.25, -0.2) is 0 Å². The molecule has 0 radical (unpaired) electrons. The molecule has 0 saturated heterocycles. The Morgan fingerprint density at radius 3 is 3.12 bits per heavy atom. The normalized spacial score (nSPS) is 16.3. The third kappa shape index (κ3) is 2.25. The van der Waals surface area contributed by atoms with Gasteiger partial charge in [0.2, 0.25) is 0 Å². The van der Waals surface area contributed by atoms with Gasteiger partial charge >= 0.3 is 0 Å². The number of fused-ring (bicyclic) bond motifs is 1. The Morgan fingerprint density at radius 1 is 1.38 bits per heavy atom. The second-order valence-corrected chi connectivity index (χ2v) is 6.97. The van der Waals surface area contributed by atoms with Crippen LogP contribution in [0.1, 0.15) is 15.3 Å². The molecule has 0 N–H and O–H groups in total. The lowest BCUT2D eigenvalue weighted by Gasteiger charge is -2.26. The number of halogens is 1. The lowest BCUT2D eigenvalue weighted by molar-refractivity contribution is 0.249. The molecule has 0 aromatic carbocycles. The van der Waals surface area contributed by atoms with E-state index in [1.54, 1.807) is 4.88 Å². The van der Waals surface area contributed by atoms with Crippen molar-refractivity contribution in [2.45, 2.75) is 19.5 Å². The third-order valence-electron chi connectivity index (χ3n) is 2.89. The Hall–Kier alpha value is -0.160. The van der Waals surface area contributed by atoms with E-state index >= 15 is 0 Å². The van der Waals surface area contributed by atoms with Gasteiger partial charge < -0.3 is 0 Å². The summed E-state index contributed by atoms with van der Waals surface area (Å²) in [7, 11) is 0. The summed E-state index contributed by atoms with van der Waals surface area (Å²) in [5, 5.41) is 4.38. The van der Waals surface area contributed by atoms with E-state index in [-0.39, 0.29) is 0 Å². The maximum Gasteiger partial charge on any atom is 0.0332 e. The zero-order valence-electron chi connectivity index (χ0n) is 8.78. The Bertz CT molecular complexity index is 489. The SMILES string of the molecule is Brc1csc(CN2CCc3sccc3C2)c1. The van der Waals surface area contributed by atoms with Gasteiger partial charge in [-0.05, 0) is 45.4 Å². The average molecular weight is 314 g/mol. The highest BCUT2D eigenvalue weighted by atomic mass is 79.9. The van der Waals surface area contributed by atoms with Crippen molar-refractivity contribution in [1.29, 1.82) is 0 Å². The summed E-state index contributed by atoms with van der Waals surface area (Å²) in [4.78, 5) is 5.57. The van der Waals surface area contributed by atoms with Crippen LogP contribution in [0.5, 0.6) is 0 Å². The number of rotatable bonds is 2. The van der Waals surface area contributed by atoms with Gasteiger partial charge in [-0.15, -0.1) is 22.7 Å². The first kappa shape index (κ1) is 11.0. The summed E-state index contributed by atoms with van der Waals surface area (Å²) in [6, 6.07) is 4.50. The van der Waals surface area contributed by atoms with Crippen molar-refractivity contribution in [3.8, 4) is 0 Å². The molecule has 0 atom stereocenters. The van der Waals surface area contributed by atoms with Crippen LogP contribution in [0, 0.1) is 0 Å². The molecule has 0 spiro atoms. The summed E-state index contributed by atoms with van der Waals surface area (Å²) < 4.78 is 1.21. The first-order chi connectivity index (χ1) is 7.81. The van der Waals surface area contributed by atoms with Crippen LogP contribution in [0.2, 0.25) is 0 Å². The first-order valence-electron chi connectivity index (χ1n) is 5.32. The number of hydrogen-bond acceptors (Lipinski definition) is 3. The van der Waals surface area contributed by atoms with Crippen molar-refractivity contribution >= 4 is 38.6 Å². The van der Waals surface area contributed by atoms with Crippen LogP contribution in [-0.2, 0) is 19.5 Å². The van der Waals surface area contributed by atoms with E-state index in [2.05, 4.69) is 43.7 Å². The number of nitrogens with zero attached hydrogens (tertiary/aromatic N) is 1. The van der Waals surface area contributed by atoms with Crippen molar-refractivity contribution in [3.05, 3.63) is 42.7 Å². The first-order valence-corrected chi connectivity index (χ1v) is 7.87. The van der Waals surface area contributed by atoms with Crippen LogP contribution in [0.3, 0.4) is 0 Å². The highest BCUT2D eigenvalue weighted by molar-refractivity contribution is 9.10. The van der Waals surface area contributed by atoms with E-state index in [9.17, 15) is 0 Å². The van der Waals surface area contributed by atoms with Gasteiger partial charge in [-0.1, -0.05) is 0 Å². The quantitative estimate of drug-likeness (QED) is 0.805. The molecule has 1 nitrogen and oxygen atoms in total. The fourth-order valence-electron chi connectivity index (χ4n) is 2.10. The molecule has 0 aliphatic carbocycles. The van der Waals surface area contributed by atoms with Gasteiger partial charge in [0.25, 0.3) is 0 Å². The molecule has 84 valence electrons. The molecule has 2 aromatic heterocycles. The van der Waals surface area contributed by atoms with Gasteiger partial charge in [0.1, 0.15) is 0 Å². The van der Waals surface area contributed by atoms with Crippen LogP contribution in [0.4, 0.5) is 0 Å². The van der Waals surface area contributed by atoms with Gasteiger partial charge in [0.05, 0.1) is 0 Å². The monoisotopic (exact) mass is 313 g/mol. The molecule has 0 amide bonds. The minimum absolute atomic E-state index is 1.09. The lowest BCUT2D eigenvalue weighted by atomic mass is 10.1. The molecule has 3 heterocycles. The van der Waals surface area contributed by atoms with Crippen molar-refractivity contribution in [2.75, 3.05) is 6.54 Å². The average Bonchev–Trinajstić information content (AvgIpc) is 2.87. The molecule has 1 aliphatic rings. The zero-order valence-corrected chi connectivity index (χ0v) is 12.0. The van der Waals surface area contributed by atoms with Gasteiger partial charge in [0.15, 0.2) is 0 Å². The van der Waals surface area contributed by atoms with E-state index < -0.39 is 0 Å². The molecule has 16 heavy (non-hydrogen) atoms. The maximum atomic E-state index is 3.51. The standard InChI is InChI=1S/C12H12BrNS2/c13-10-5-11(16-8-10)7-14-3-1-12-9(6-14)2-4-15-12/h2,4-5,8H,1,3,6-7H2. The second kappa shape index (κ2) is 4.61.